The van der Waals surface area contributed by atoms with Crippen LogP contribution in [0.25, 0.3) is 6.08 Å². The van der Waals surface area contributed by atoms with Crippen LogP contribution in [0.2, 0.25) is 0 Å². The standard InChI is InChI=1S/C28H44N2O3.V/c1-8-11-12-13-18-30(28(31)33-23(7)32-20-25(29)19-21(4)5)22(6)26-17-14-16-24(10-3)27(26)15-9-2;/h8-9,11,14-17,21-23,25H,10,12-13,18-19,29H2,1-7H3;/b11-8-,15-9-;. The Morgan fingerprint density at radius 3 is 2.44 bits per heavy atom. The summed E-state index contributed by atoms with van der Waals surface area (Å²) in [6, 6.07) is 5.96. The molecule has 0 bridgehead atoms. The molecule has 5 nitrogen and oxygen atoms in total. The fourth-order valence-corrected chi connectivity index (χ4v) is 4.33. The van der Waals surface area contributed by atoms with Crippen molar-refractivity contribution < 1.29 is 31.2 Å². The normalized spacial score (nSPS) is 14.5. The number of carbonyl (C=O) groups excluding carboxylic acids is 1. The van der Waals surface area contributed by atoms with E-state index in [1.54, 1.807) is 6.92 Å². The summed E-state index contributed by atoms with van der Waals surface area (Å²) in [4.78, 5) is 15.1. The predicted molar refractivity (Wildman–Crippen MR) is 139 cm³/mol. The van der Waals surface area contributed by atoms with E-state index >= 15 is 0 Å². The second-order valence-corrected chi connectivity index (χ2v) is 9.69. The molecule has 0 radical (unpaired) electrons. The molecule has 189 valence electrons. The summed E-state index contributed by atoms with van der Waals surface area (Å²) in [5.41, 5.74) is 9.77. The van der Waals surface area contributed by atoms with Gasteiger partial charge in [-0.2, -0.15) is 0 Å². The first-order valence-corrected chi connectivity index (χ1v) is 13.2. The van der Waals surface area contributed by atoms with E-state index < -0.39 is 6.29 Å². The van der Waals surface area contributed by atoms with Gasteiger partial charge >= 0.3 is 217 Å². The van der Waals surface area contributed by atoms with Crippen molar-refractivity contribution in [3.63, 3.8) is 0 Å². The van der Waals surface area contributed by atoms with Crippen LogP contribution >= 0.6 is 0 Å². The van der Waals surface area contributed by atoms with Crippen LogP contribution in [0.15, 0.2) is 36.4 Å². The number of allylic oxidation sites excluding steroid dienone is 3. The summed E-state index contributed by atoms with van der Waals surface area (Å²) < 4.78 is 12.2. The van der Waals surface area contributed by atoms with Gasteiger partial charge in [-0.05, 0) is 0 Å². The quantitative estimate of drug-likeness (QED) is 0.176. The molecule has 0 aromatic heterocycles. The summed E-state index contributed by atoms with van der Waals surface area (Å²) >= 11 is 2.38. The van der Waals surface area contributed by atoms with Gasteiger partial charge in [0, 0.05) is 0 Å². The van der Waals surface area contributed by atoms with E-state index in [0.717, 1.165) is 31.2 Å². The van der Waals surface area contributed by atoms with Gasteiger partial charge in [0.2, 0.25) is 0 Å². The SMILES string of the molecule is C/C=C\CCCN(C(=O)OC(C)O[C](=[V])C(N)CC(C)C)C(C)c1cccc(CC)c1/C=C\C. The molecule has 0 saturated heterocycles. The molecule has 0 aliphatic rings. The minimum absolute atomic E-state index is 0.146. The Bertz CT molecular complexity index is 835. The summed E-state index contributed by atoms with van der Waals surface area (Å²) in [6.45, 7) is 14.8. The molecule has 1 aromatic carbocycles. The van der Waals surface area contributed by atoms with Crippen molar-refractivity contribution in [3.05, 3.63) is 53.1 Å². The average molecular weight is 508 g/mol. The number of nitrogens with zero attached hydrogens (tertiary/aromatic N) is 1. The van der Waals surface area contributed by atoms with Crippen LogP contribution in [0.5, 0.6) is 0 Å². The summed E-state index contributed by atoms with van der Waals surface area (Å²) in [5, 5.41) is 0. The Morgan fingerprint density at radius 1 is 1.15 bits per heavy atom. The average Bonchev–Trinajstić information content (AvgIpc) is 2.78. The van der Waals surface area contributed by atoms with Crippen molar-refractivity contribution in [2.45, 2.75) is 92.5 Å². The maximum atomic E-state index is 13.3. The van der Waals surface area contributed by atoms with Crippen LogP contribution in [0, 0.1) is 5.92 Å². The van der Waals surface area contributed by atoms with E-state index in [4.69, 9.17) is 15.2 Å². The molecule has 1 amide bonds. The number of rotatable bonds is 14. The van der Waals surface area contributed by atoms with Gasteiger partial charge in [-0.1, -0.05) is 0 Å². The van der Waals surface area contributed by atoms with Gasteiger partial charge in [-0.25, -0.2) is 0 Å². The van der Waals surface area contributed by atoms with E-state index in [1.807, 2.05) is 30.9 Å². The van der Waals surface area contributed by atoms with Crippen LogP contribution < -0.4 is 5.73 Å². The van der Waals surface area contributed by atoms with Crippen LogP contribution in [0.3, 0.4) is 0 Å². The molecule has 0 aliphatic heterocycles. The van der Waals surface area contributed by atoms with Crippen molar-refractivity contribution in [2.75, 3.05) is 6.54 Å². The first kappa shape index (κ1) is 30.4. The Balaban J connectivity index is 3.08. The Morgan fingerprint density at radius 2 is 1.85 bits per heavy atom. The molecule has 6 heteroatoms. The topological polar surface area (TPSA) is 64.8 Å². The van der Waals surface area contributed by atoms with E-state index in [2.05, 4.69) is 75.0 Å². The van der Waals surface area contributed by atoms with Gasteiger partial charge in [0.15, 0.2) is 0 Å². The van der Waals surface area contributed by atoms with Crippen molar-refractivity contribution >= 4 is 16.6 Å². The van der Waals surface area contributed by atoms with Crippen molar-refractivity contribution in [2.24, 2.45) is 11.7 Å². The number of hydrogen-bond donors (Lipinski definition) is 1. The third kappa shape index (κ3) is 9.91. The molecule has 0 fully saturated rings. The van der Waals surface area contributed by atoms with E-state index in [-0.39, 0.29) is 18.2 Å². The molecular weight excluding hydrogens is 463 g/mol. The number of amides is 1. The maximum absolute atomic E-state index is 13.3. The molecule has 0 heterocycles. The molecule has 0 aliphatic carbocycles. The Kier molecular flexibility index (Phi) is 14.4. The van der Waals surface area contributed by atoms with Gasteiger partial charge < -0.3 is 0 Å². The predicted octanol–water partition coefficient (Wildman–Crippen LogP) is 6.55. The third-order valence-corrected chi connectivity index (χ3v) is 6.38. The van der Waals surface area contributed by atoms with Crippen LogP contribution in [-0.4, -0.2) is 34.3 Å². The van der Waals surface area contributed by atoms with E-state index in [0.29, 0.717) is 16.9 Å². The fourth-order valence-electron chi connectivity index (χ4n) is 3.93. The zero-order valence-corrected chi connectivity index (χ0v) is 23.5. The van der Waals surface area contributed by atoms with E-state index in [9.17, 15) is 4.79 Å². The van der Waals surface area contributed by atoms with Crippen molar-refractivity contribution in [1.82, 2.24) is 4.90 Å². The zero-order chi connectivity index (χ0) is 25.7. The number of carbonyl (C=O) groups is 1. The van der Waals surface area contributed by atoms with Gasteiger partial charge in [-0.15, -0.1) is 0 Å². The minimum atomic E-state index is -0.731. The van der Waals surface area contributed by atoms with E-state index in [1.165, 1.54) is 11.1 Å². The molecule has 34 heavy (non-hydrogen) atoms. The molecule has 3 atom stereocenters. The van der Waals surface area contributed by atoms with Crippen molar-refractivity contribution in [3.8, 4) is 0 Å². The fraction of sp³-hybridized carbons (Fsp3) is 0.571. The Hall–Kier alpha value is -1.66. The monoisotopic (exact) mass is 507 g/mol. The first-order chi connectivity index (χ1) is 16.2. The third-order valence-electron chi connectivity index (χ3n) is 5.70. The zero-order valence-electron chi connectivity index (χ0n) is 22.1. The van der Waals surface area contributed by atoms with Gasteiger partial charge in [0.25, 0.3) is 0 Å². The molecule has 0 spiro atoms. The van der Waals surface area contributed by atoms with Gasteiger partial charge in [0.05, 0.1) is 0 Å². The van der Waals surface area contributed by atoms with Gasteiger partial charge in [0.1, 0.15) is 0 Å². The number of unbranched alkanes of at least 4 members (excludes halogenated alkanes) is 1. The molecule has 1 rings (SSSR count). The number of benzene rings is 1. The molecule has 2 N–H and O–H groups in total. The van der Waals surface area contributed by atoms with Crippen LogP contribution in [-0.2, 0) is 32.9 Å². The number of aryl methyl sites for hydroxylation is 1. The van der Waals surface area contributed by atoms with Gasteiger partial charge in [-0.3, -0.25) is 0 Å². The molecule has 3 unspecified atom stereocenters. The second kappa shape index (κ2) is 16.1. The van der Waals surface area contributed by atoms with Crippen LogP contribution in [0.1, 0.15) is 90.5 Å². The molecule has 1 aromatic rings. The molecular formula is C28H44N2O3V. The Labute approximate surface area is 216 Å². The van der Waals surface area contributed by atoms with Crippen LogP contribution in [0.4, 0.5) is 4.79 Å². The second-order valence-electron chi connectivity index (χ2n) is 9.00. The summed E-state index contributed by atoms with van der Waals surface area (Å²) in [5.74, 6) is 0.453. The number of hydrogen-bond acceptors (Lipinski definition) is 4. The summed E-state index contributed by atoms with van der Waals surface area (Å²) in [7, 11) is 0. The number of ether oxygens (including phenoxy) is 2. The number of nitrogens with two attached hydrogens (primary N) is 1. The molecule has 0 saturated carbocycles. The summed E-state index contributed by atoms with van der Waals surface area (Å²) in [6.07, 6.45) is 10.7. The van der Waals surface area contributed by atoms with Crippen molar-refractivity contribution in [1.29, 1.82) is 0 Å². The first-order valence-electron chi connectivity index (χ1n) is 12.5.